The molecule has 1 fully saturated rings. The van der Waals surface area contributed by atoms with E-state index in [1.807, 2.05) is 0 Å². The molecule has 1 heterocycles. The third kappa shape index (κ3) is 3.19. The summed E-state index contributed by atoms with van der Waals surface area (Å²) in [5.41, 5.74) is 6.31. The molecule has 0 radical (unpaired) electrons. The Bertz CT molecular complexity index is 601. The Morgan fingerprint density at radius 3 is 2.79 bits per heavy atom. The zero-order valence-electron chi connectivity index (χ0n) is 10.2. The molecule has 19 heavy (non-hydrogen) atoms. The van der Waals surface area contributed by atoms with Gasteiger partial charge in [0.25, 0.3) is 5.91 Å². The molecule has 1 aliphatic rings. The van der Waals surface area contributed by atoms with E-state index in [0.29, 0.717) is 29.1 Å². The molecule has 1 aliphatic heterocycles. The first-order valence-corrected chi connectivity index (χ1v) is 8.04. The normalized spacial score (nSPS) is 21.2. The molecule has 0 aliphatic carbocycles. The van der Waals surface area contributed by atoms with Gasteiger partial charge < -0.3 is 11.1 Å². The van der Waals surface area contributed by atoms with Crippen molar-refractivity contribution < 1.29 is 13.2 Å². The SMILES string of the molecule is Nc1cc(C(=O)NCC2CCCS2(=O)=O)ccc1Cl. The Balaban J connectivity index is 2.00. The average Bonchev–Trinajstić information content (AvgIpc) is 2.69. The standard InChI is InChI=1S/C12H15ClN2O3S/c13-10-4-3-8(6-11(10)14)12(16)15-7-9-2-1-5-19(9,17)18/h3-4,6,9H,1-2,5,7,14H2,(H,15,16). The van der Waals surface area contributed by atoms with Crippen molar-refractivity contribution in [2.24, 2.45) is 0 Å². The van der Waals surface area contributed by atoms with Crippen molar-refractivity contribution in [3.63, 3.8) is 0 Å². The highest BCUT2D eigenvalue weighted by atomic mass is 35.5. The number of nitrogens with two attached hydrogens (primary N) is 1. The highest BCUT2D eigenvalue weighted by Gasteiger charge is 2.31. The first-order chi connectivity index (χ1) is 8.90. The minimum absolute atomic E-state index is 0.143. The van der Waals surface area contributed by atoms with Crippen LogP contribution < -0.4 is 11.1 Å². The number of hydrogen-bond acceptors (Lipinski definition) is 4. The topological polar surface area (TPSA) is 89.3 Å². The Morgan fingerprint density at radius 1 is 1.47 bits per heavy atom. The Hall–Kier alpha value is -1.27. The van der Waals surface area contributed by atoms with Gasteiger partial charge in [0, 0.05) is 12.1 Å². The van der Waals surface area contributed by atoms with Gasteiger partial charge in [0.15, 0.2) is 9.84 Å². The summed E-state index contributed by atoms with van der Waals surface area (Å²) in [4.78, 5) is 11.9. The van der Waals surface area contributed by atoms with Gasteiger partial charge in [0.2, 0.25) is 0 Å². The quantitative estimate of drug-likeness (QED) is 0.822. The van der Waals surface area contributed by atoms with Crippen molar-refractivity contribution >= 4 is 33.0 Å². The number of nitrogens with one attached hydrogen (secondary N) is 1. The number of halogens is 1. The molecule has 7 heteroatoms. The number of hydrogen-bond donors (Lipinski definition) is 2. The number of nitrogen functional groups attached to an aromatic ring is 1. The van der Waals surface area contributed by atoms with Crippen LogP contribution in [0.4, 0.5) is 5.69 Å². The number of carbonyl (C=O) groups excluding carboxylic acids is 1. The molecule has 0 aromatic heterocycles. The van der Waals surface area contributed by atoms with Gasteiger partial charge in [-0.15, -0.1) is 0 Å². The summed E-state index contributed by atoms with van der Waals surface area (Å²) in [6.07, 6.45) is 1.27. The fourth-order valence-corrected chi connectivity index (χ4v) is 3.96. The smallest absolute Gasteiger partial charge is 0.251 e. The van der Waals surface area contributed by atoms with Crippen LogP contribution in [0, 0.1) is 0 Å². The molecule has 2 rings (SSSR count). The fraction of sp³-hybridized carbons (Fsp3) is 0.417. The molecule has 0 spiro atoms. The Kier molecular flexibility index (Phi) is 4.01. The maximum atomic E-state index is 11.9. The Morgan fingerprint density at radius 2 is 2.21 bits per heavy atom. The van der Waals surface area contributed by atoms with Gasteiger partial charge in [-0.25, -0.2) is 8.42 Å². The van der Waals surface area contributed by atoms with Crippen LogP contribution in [0.15, 0.2) is 18.2 Å². The number of amides is 1. The molecule has 1 atom stereocenters. The summed E-state index contributed by atoms with van der Waals surface area (Å²) in [5, 5.41) is 2.54. The molecule has 1 unspecified atom stereocenters. The molecule has 0 saturated carbocycles. The van der Waals surface area contributed by atoms with Crippen LogP contribution in [0.5, 0.6) is 0 Å². The van der Waals surface area contributed by atoms with E-state index < -0.39 is 15.1 Å². The maximum Gasteiger partial charge on any atom is 0.251 e. The lowest BCUT2D eigenvalue weighted by molar-refractivity contribution is 0.0953. The van der Waals surface area contributed by atoms with E-state index in [1.54, 1.807) is 6.07 Å². The molecule has 1 amide bonds. The van der Waals surface area contributed by atoms with Crippen LogP contribution in [0.3, 0.4) is 0 Å². The van der Waals surface area contributed by atoms with Crippen LogP contribution in [-0.2, 0) is 9.84 Å². The first-order valence-electron chi connectivity index (χ1n) is 5.95. The summed E-state index contributed by atoms with van der Waals surface area (Å²) in [7, 11) is -3.04. The van der Waals surface area contributed by atoms with Crippen molar-refractivity contribution in [1.82, 2.24) is 5.32 Å². The lowest BCUT2D eigenvalue weighted by Gasteiger charge is -2.11. The van der Waals surface area contributed by atoms with Crippen molar-refractivity contribution in [2.45, 2.75) is 18.1 Å². The molecule has 104 valence electrons. The second-order valence-corrected chi connectivity index (χ2v) is 7.39. The molecule has 1 aromatic rings. The molecule has 3 N–H and O–H groups in total. The zero-order valence-corrected chi connectivity index (χ0v) is 11.8. The number of rotatable bonds is 3. The van der Waals surface area contributed by atoms with Gasteiger partial charge in [-0.1, -0.05) is 11.6 Å². The molecular formula is C12H15ClN2O3S. The van der Waals surface area contributed by atoms with Crippen molar-refractivity contribution in [2.75, 3.05) is 18.0 Å². The maximum absolute atomic E-state index is 11.9. The first kappa shape index (κ1) is 14.1. The van der Waals surface area contributed by atoms with Gasteiger partial charge >= 0.3 is 0 Å². The summed E-state index contributed by atoms with van der Waals surface area (Å²) in [6, 6.07) is 4.57. The highest BCUT2D eigenvalue weighted by molar-refractivity contribution is 7.92. The number of carbonyl (C=O) groups is 1. The van der Waals surface area contributed by atoms with E-state index in [0.717, 1.165) is 0 Å². The van der Waals surface area contributed by atoms with E-state index in [2.05, 4.69) is 5.32 Å². The highest BCUT2D eigenvalue weighted by Crippen LogP contribution is 2.21. The van der Waals surface area contributed by atoms with E-state index in [4.69, 9.17) is 17.3 Å². The van der Waals surface area contributed by atoms with E-state index in [-0.39, 0.29) is 18.2 Å². The predicted molar refractivity (Wildman–Crippen MR) is 75.0 cm³/mol. The summed E-state index contributed by atoms with van der Waals surface area (Å²) in [6.45, 7) is 0.143. The number of benzene rings is 1. The molecular weight excluding hydrogens is 288 g/mol. The molecule has 1 aromatic carbocycles. The van der Waals surface area contributed by atoms with Crippen LogP contribution in [0.25, 0.3) is 0 Å². The van der Waals surface area contributed by atoms with E-state index >= 15 is 0 Å². The second kappa shape index (κ2) is 5.38. The van der Waals surface area contributed by atoms with Gasteiger partial charge in [-0.05, 0) is 31.0 Å². The number of sulfone groups is 1. The molecule has 0 bridgehead atoms. The molecule has 5 nitrogen and oxygen atoms in total. The van der Waals surface area contributed by atoms with Gasteiger partial charge in [-0.3, -0.25) is 4.79 Å². The Labute approximate surface area is 117 Å². The summed E-state index contributed by atoms with van der Waals surface area (Å²) in [5.74, 6) is -0.132. The average molecular weight is 303 g/mol. The van der Waals surface area contributed by atoms with Crippen LogP contribution in [-0.4, -0.2) is 31.9 Å². The molecule has 1 saturated heterocycles. The third-order valence-corrected chi connectivity index (χ3v) is 5.83. The lowest BCUT2D eigenvalue weighted by atomic mass is 10.2. The lowest BCUT2D eigenvalue weighted by Crippen LogP contribution is -2.34. The van der Waals surface area contributed by atoms with Crippen LogP contribution in [0.1, 0.15) is 23.2 Å². The predicted octanol–water partition coefficient (Wildman–Crippen LogP) is 1.23. The van der Waals surface area contributed by atoms with Gasteiger partial charge in [0.1, 0.15) is 0 Å². The minimum Gasteiger partial charge on any atom is -0.398 e. The largest absolute Gasteiger partial charge is 0.398 e. The van der Waals surface area contributed by atoms with Crippen molar-refractivity contribution in [3.05, 3.63) is 28.8 Å². The number of anilines is 1. The van der Waals surface area contributed by atoms with Gasteiger partial charge in [-0.2, -0.15) is 0 Å². The van der Waals surface area contributed by atoms with E-state index in [1.165, 1.54) is 12.1 Å². The monoisotopic (exact) mass is 302 g/mol. The van der Waals surface area contributed by atoms with E-state index in [9.17, 15) is 13.2 Å². The van der Waals surface area contributed by atoms with Crippen molar-refractivity contribution in [1.29, 1.82) is 0 Å². The zero-order chi connectivity index (χ0) is 14.0. The minimum atomic E-state index is -3.04. The van der Waals surface area contributed by atoms with Crippen LogP contribution in [0.2, 0.25) is 5.02 Å². The summed E-state index contributed by atoms with van der Waals surface area (Å²) < 4.78 is 23.2. The van der Waals surface area contributed by atoms with Gasteiger partial charge in [0.05, 0.1) is 21.7 Å². The fourth-order valence-electron chi connectivity index (χ4n) is 2.08. The van der Waals surface area contributed by atoms with Crippen molar-refractivity contribution in [3.8, 4) is 0 Å². The third-order valence-electron chi connectivity index (χ3n) is 3.21. The second-order valence-electron chi connectivity index (χ2n) is 4.58. The van der Waals surface area contributed by atoms with Crippen LogP contribution >= 0.6 is 11.6 Å². The summed E-state index contributed by atoms with van der Waals surface area (Å²) >= 11 is 5.77.